The summed E-state index contributed by atoms with van der Waals surface area (Å²) in [5.41, 5.74) is 1.04. The molecule has 1 saturated carbocycles. The van der Waals surface area contributed by atoms with Crippen molar-refractivity contribution in [2.24, 2.45) is 12.0 Å². The Morgan fingerprint density at radius 3 is 2.83 bits per heavy atom. The number of aromatic nitrogens is 2. The van der Waals surface area contributed by atoms with Gasteiger partial charge in [-0.3, -0.25) is 9.48 Å². The summed E-state index contributed by atoms with van der Waals surface area (Å²) in [5.74, 6) is 0.842. The van der Waals surface area contributed by atoms with Crippen LogP contribution in [0.4, 0.5) is 0 Å². The SMILES string of the molecule is CCNC(=NCc1ccnn1C)NCCC(=O)NC1CCCC1. The van der Waals surface area contributed by atoms with E-state index in [1.54, 1.807) is 6.20 Å². The zero-order valence-corrected chi connectivity index (χ0v) is 14.1. The Bertz CT molecular complexity index is 518. The lowest BCUT2D eigenvalue weighted by molar-refractivity contribution is -0.121. The second-order valence-corrected chi connectivity index (χ2v) is 5.87. The average Bonchev–Trinajstić information content (AvgIpc) is 3.16. The van der Waals surface area contributed by atoms with E-state index in [1.165, 1.54) is 12.8 Å². The maximum absolute atomic E-state index is 11.9. The van der Waals surface area contributed by atoms with Crippen molar-refractivity contribution in [3.8, 4) is 0 Å². The minimum atomic E-state index is 0.117. The average molecular weight is 320 g/mol. The molecule has 1 heterocycles. The van der Waals surface area contributed by atoms with Gasteiger partial charge in [0.25, 0.3) is 0 Å². The van der Waals surface area contributed by atoms with Gasteiger partial charge in [-0.15, -0.1) is 0 Å². The van der Waals surface area contributed by atoms with Gasteiger partial charge in [0.15, 0.2) is 5.96 Å². The molecule has 0 bridgehead atoms. The van der Waals surface area contributed by atoms with E-state index in [-0.39, 0.29) is 5.91 Å². The van der Waals surface area contributed by atoms with Crippen molar-refractivity contribution in [3.63, 3.8) is 0 Å². The molecule has 1 aromatic heterocycles. The van der Waals surface area contributed by atoms with Crippen molar-refractivity contribution in [2.45, 2.75) is 51.6 Å². The fourth-order valence-corrected chi connectivity index (χ4v) is 2.72. The van der Waals surface area contributed by atoms with Crippen LogP contribution in [0.3, 0.4) is 0 Å². The van der Waals surface area contributed by atoms with E-state index in [2.05, 4.69) is 26.0 Å². The van der Waals surface area contributed by atoms with Crippen molar-refractivity contribution >= 4 is 11.9 Å². The summed E-state index contributed by atoms with van der Waals surface area (Å²) in [5, 5.41) is 13.6. The maximum atomic E-state index is 11.9. The largest absolute Gasteiger partial charge is 0.357 e. The van der Waals surface area contributed by atoms with Crippen LogP contribution in [0.2, 0.25) is 0 Å². The molecule has 23 heavy (non-hydrogen) atoms. The predicted molar refractivity (Wildman–Crippen MR) is 91.0 cm³/mol. The molecule has 1 aliphatic rings. The highest BCUT2D eigenvalue weighted by molar-refractivity contribution is 5.81. The van der Waals surface area contributed by atoms with Gasteiger partial charge in [-0.05, 0) is 25.8 Å². The summed E-state index contributed by atoms with van der Waals surface area (Å²) in [6, 6.07) is 2.33. The molecule has 0 saturated heterocycles. The number of amides is 1. The minimum absolute atomic E-state index is 0.117. The third-order valence-electron chi connectivity index (χ3n) is 4.03. The van der Waals surface area contributed by atoms with Gasteiger partial charge in [0, 0.05) is 38.8 Å². The molecule has 0 atom stereocenters. The van der Waals surface area contributed by atoms with Crippen LogP contribution in [0, 0.1) is 0 Å². The fourth-order valence-electron chi connectivity index (χ4n) is 2.72. The second-order valence-electron chi connectivity index (χ2n) is 5.87. The lowest BCUT2D eigenvalue weighted by atomic mass is 10.2. The highest BCUT2D eigenvalue weighted by Gasteiger charge is 2.16. The van der Waals surface area contributed by atoms with Crippen LogP contribution in [0.5, 0.6) is 0 Å². The van der Waals surface area contributed by atoms with E-state index in [0.717, 1.165) is 31.0 Å². The van der Waals surface area contributed by atoms with Crippen LogP contribution in [0.25, 0.3) is 0 Å². The summed E-state index contributed by atoms with van der Waals surface area (Å²) in [6.45, 7) is 3.94. The summed E-state index contributed by atoms with van der Waals surface area (Å²) in [6.07, 6.45) is 6.93. The normalized spacial score (nSPS) is 15.7. The molecule has 7 nitrogen and oxygen atoms in total. The van der Waals surface area contributed by atoms with E-state index < -0.39 is 0 Å². The number of carbonyl (C=O) groups is 1. The van der Waals surface area contributed by atoms with Crippen LogP contribution < -0.4 is 16.0 Å². The van der Waals surface area contributed by atoms with Gasteiger partial charge < -0.3 is 16.0 Å². The number of hydrogen-bond acceptors (Lipinski definition) is 3. The molecule has 128 valence electrons. The third-order valence-corrected chi connectivity index (χ3v) is 4.03. The number of rotatable bonds is 7. The smallest absolute Gasteiger partial charge is 0.221 e. The number of guanidine groups is 1. The standard InChI is InChI=1S/C16H28N6O/c1-3-17-16(19-12-14-8-11-20-22(14)2)18-10-9-15(23)21-13-6-4-5-7-13/h8,11,13H,3-7,9-10,12H2,1-2H3,(H,21,23)(H2,17,18,19). The lowest BCUT2D eigenvalue weighted by Gasteiger charge is -2.13. The molecule has 1 amide bonds. The second kappa shape index (κ2) is 9.17. The van der Waals surface area contributed by atoms with Crippen molar-refractivity contribution < 1.29 is 4.79 Å². The highest BCUT2D eigenvalue weighted by Crippen LogP contribution is 2.17. The van der Waals surface area contributed by atoms with E-state index in [4.69, 9.17) is 0 Å². The lowest BCUT2D eigenvalue weighted by Crippen LogP contribution is -2.40. The first-order valence-electron chi connectivity index (χ1n) is 8.47. The van der Waals surface area contributed by atoms with Crippen molar-refractivity contribution in [1.29, 1.82) is 0 Å². The molecular weight excluding hydrogens is 292 g/mol. The van der Waals surface area contributed by atoms with Crippen LogP contribution in [0.1, 0.15) is 44.7 Å². The van der Waals surface area contributed by atoms with Crippen molar-refractivity contribution in [2.75, 3.05) is 13.1 Å². The van der Waals surface area contributed by atoms with Crippen molar-refractivity contribution in [3.05, 3.63) is 18.0 Å². The molecule has 0 aromatic carbocycles. The monoisotopic (exact) mass is 320 g/mol. The van der Waals surface area contributed by atoms with Gasteiger partial charge in [0.1, 0.15) is 0 Å². The Balaban J connectivity index is 1.73. The van der Waals surface area contributed by atoms with Gasteiger partial charge in [0.2, 0.25) is 5.91 Å². The van der Waals surface area contributed by atoms with Crippen molar-refractivity contribution in [1.82, 2.24) is 25.7 Å². The topological polar surface area (TPSA) is 83.3 Å². The minimum Gasteiger partial charge on any atom is -0.357 e. The summed E-state index contributed by atoms with van der Waals surface area (Å²) >= 11 is 0. The zero-order chi connectivity index (χ0) is 16.5. The summed E-state index contributed by atoms with van der Waals surface area (Å²) in [7, 11) is 1.90. The molecule has 0 unspecified atom stereocenters. The maximum Gasteiger partial charge on any atom is 0.221 e. The molecular formula is C16H28N6O. The molecule has 1 aliphatic carbocycles. The van der Waals surface area contributed by atoms with Gasteiger partial charge >= 0.3 is 0 Å². The number of aliphatic imine (C=N–C) groups is 1. The van der Waals surface area contributed by atoms with Gasteiger partial charge in [-0.1, -0.05) is 12.8 Å². The molecule has 0 radical (unpaired) electrons. The Kier molecular flexibility index (Phi) is 6.90. The zero-order valence-electron chi connectivity index (χ0n) is 14.1. The number of nitrogens with zero attached hydrogens (tertiary/aromatic N) is 3. The van der Waals surface area contributed by atoms with Crippen LogP contribution in [0.15, 0.2) is 17.3 Å². The number of nitrogens with one attached hydrogen (secondary N) is 3. The number of hydrogen-bond donors (Lipinski definition) is 3. The molecule has 3 N–H and O–H groups in total. The van der Waals surface area contributed by atoms with Crippen LogP contribution in [-0.2, 0) is 18.4 Å². The van der Waals surface area contributed by atoms with E-state index in [9.17, 15) is 4.79 Å². The molecule has 1 aromatic rings. The van der Waals surface area contributed by atoms with Crippen LogP contribution in [-0.4, -0.2) is 40.8 Å². The highest BCUT2D eigenvalue weighted by atomic mass is 16.1. The first kappa shape index (κ1) is 17.3. The molecule has 0 spiro atoms. The fraction of sp³-hybridized carbons (Fsp3) is 0.688. The first-order valence-corrected chi connectivity index (χ1v) is 8.47. The Labute approximate surface area is 137 Å². The first-order chi connectivity index (χ1) is 11.2. The molecule has 1 fully saturated rings. The Morgan fingerprint density at radius 1 is 1.39 bits per heavy atom. The number of aryl methyl sites for hydroxylation is 1. The van der Waals surface area contributed by atoms with E-state index in [0.29, 0.717) is 25.6 Å². The summed E-state index contributed by atoms with van der Waals surface area (Å²) < 4.78 is 1.81. The molecule has 7 heteroatoms. The predicted octanol–water partition coefficient (Wildman–Crippen LogP) is 0.924. The Morgan fingerprint density at radius 2 is 2.17 bits per heavy atom. The molecule has 0 aliphatic heterocycles. The summed E-state index contributed by atoms with van der Waals surface area (Å²) in [4.78, 5) is 16.4. The Hall–Kier alpha value is -2.05. The van der Waals surface area contributed by atoms with Crippen LogP contribution >= 0.6 is 0 Å². The van der Waals surface area contributed by atoms with Gasteiger partial charge in [-0.2, -0.15) is 5.10 Å². The number of carbonyl (C=O) groups excluding carboxylic acids is 1. The van der Waals surface area contributed by atoms with E-state index >= 15 is 0 Å². The van der Waals surface area contributed by atoms with E-state index in [1.807, 2.05) is 24.7 Å². The van der Waals surface area contributed by atoms with Gasteiger partial charge in [0.05, 0.1) is 12.2 Å². The quantitative estimate of drug-likeness (QED) is 0.515. The third kappa shape index (κ3) is 5.92. The molecule has 2 rings (SSSR count). The van der Waals surface area contributed by atoms with Gasteiger partial charge in [-0.25, -0.2) is 4.99 Å².